The van der Waals surface area contributed by atoms with Gasteiger partial charge in [0.15, 0.2) is 11.6 Å². The molecule has 0 radical (unpaired) electrons. The van der Waals surface area contributed by atoms with Gasteiger partial charge in [-0.1, -0.05) is 30.3 Å². The minimum atomic E-state index is -1.20. The summed E-state index contributed by atoms with van der Waals surface area (Å²) in [5, 5.41) is 15.0. The van der Waals surface area contributed by atoms with Crippen LogP contribution >= 0.6 is 0 Å². The van der Waals surface area contributed by atoms with Crippen molar-refractivity contribution >= 4 is 22.9 Å². The van der Waals surface area contributed by atoms with Crippen LogP contribution in [-0.2, 0) is 17.8 Å². The molecule has 0 saturated heterocycles. The quantitative estimate of drug-likeness (QED) is 0.535. The fourth-order valence-electron chi connectivity index (χ4n) is 2.79. The molecule has 27 heavy (non-hydrogen) atoms. The van der Waals surface area contributed by atoms with Gasteiger partial charge in [0.25, 0.3) is 0 Å². The molecule has 1 heterocycles. The molecular weight excluding hydrogens is 356 g/mol. The number of aromatic amines is 1. The number of fused-ring (bicyclic) bond motifs is 1. The Bertz CT molecular complexity index is 987. The number of halogens is 2. The molecule has 1 aromatic heterocycles. The summed E-state index contributed by atoms with van der Waals surface area (Å²) in [5.74, 6) is -3.27. The second-order valence-corrected chi connectivity index (χ2v) is 5.99. The smallest absolute Gasteiger partial charge is 0.326 e. The number of aromatic nitrogens is 1. The zero-order valence-corrected chi connectivity index (χ0v) is 14.1. The molecule has 2 amide bonds. The van der Waals surface area contributed by atoms with Crippen molar-refractivity contribution in [3.63, 3.8) is 0 Å². The average molecular weight is 373 g/mol. The Morgan fingerprint density at radius 2 is 1.85 bits per heavy atom. The van der Waals surface area contributed by atoms with E-state index in [-0.39, 0.29) is 18.5 Å². The van der Waals surface area contributed by atoms with E-state index in [0.717, 1.165) is 22.5 Å². The zero-order valence-electron chi connectivity index (χ0n) is 14.1. The van der Waals surface area contributed by atoms with Crippen LogP contribution in [0, 0.1) is 11.6 Å². The van der Waals surface area contributed by atoms with E-state index >= 15 is 0 Å². The van der Waals surface area contributed by atoms with Gasteiger partial charge >= 0.3 is 12.0 Å². The zero-order chi connectivity index (χ0) is 19.4. The Hall–Kier alpha value is -3.42. The first-order valence-electron chi connectivity index (χ1n) is 8.20. The first-order valence-corrected chi connectivity index (χ1v) is 8.20. The molecule has 0 aliphatic rings. The van der Waals surface area contributed by atoms with Crippen LogP contribution in [0.1, 0.15) is 11.1 Å². The Kier molecular flexibility index (Phi) is 5.35. The van der Waals surface area contributed by atoms with Crippen molar-refractivity contribution in [2.24, 2.45) is 0 Å². The average Bonchev–Trinajstić information content (AvgIpc) is 3.05. The third-order valence-electron chi connectivity index (χ3n) is 4.17. The lowest BCUT2D eigenvalue weighted by molar-refractivity contribution is -0.139. The van der Waals surface area contributed by atoms with Gasteiger partial charge in [0.05, 0.1) is 0 Å². The number of carbonyl (C=O) groups is 2. The van der Waals surface area contributed by atoms with Gasteiger partial charge in [-0.2, -0.15) is 0 Å². The third-order valence-corrected chi connectivity index (χ3v) is 4.17. The van der Waals surface area contributed by atoms with Crippen LogP contribution in [0.2, 0.25) is 0 Å². The number of hydrogen-bond donors (Lipinski definition) is 4. The van der Waals surface area contributed by atoms with E-state index in [1.165, 1.54) is 12.1 Å². The van der Waals surface area contributed by atoms with Crippen molar-refractivity contribution in [2.75, 3.05) is 0 Å². The van der Waals surface area contributed by atoms with Gasteiger partial charge in [0.2, 0.25) is 0 Å². The number of carboxylic acids is 1. The predicted octanol–water partition coefficient (Wildman–Crippen LogP) is 2.94. The first-order chi connectivity index (χ1) is 13.0. The summed E-state index contributed by atoms with van der Waals surface area (Å²) in [6.07, 6.45) is 1.77. The van der Waals surface area contributed by atoms with Crippen molar-refractivity contribution in [3.05, 3.63) is 71.4 Å². The van der Waals surface area contributed by atoms with Crippen molar-refractivity contribution in [1.29, 1.82) is 0 Å². The lowest BCUT2D eigenvalue weighted by Gasteiger charge is -2.15. The fourth-order valence-corrected chi connectivity index (χ4v) is 2.79. The standard InChI is InChI=1S/C19H17F2N3O3/c20-14-6-3-4-11(17(14)21)9-23-19(27)24-16(18(25)26)8-12-10-22-15-7-2-1-5-13(12)15/h1-7,10,16,22H,8-9H2,(H,25,26)(H2,23,24,27). The number of benzene rings is 2. The van der Waals surface area contributed by atoms with E-state index in [0.29, 0.717) is 0 Å². The Labute approximate surface area is 153 Å². The van der Waals surface area contributed by atoms with Gasteiger partial charge in [-0.05, 0) is 17.7 Å². The number of rotatable bonds is 6. The summed E-state index contributed by atoms with van der Waals surface area (Å²) >= 11 is 0. The normalized spacial score (nSPS) is 11.9. The van der Waals surface area contributed by atoms with Crippen molar-refractivity contribution in [2.45, 2.75) is 19.0 Å². The molecule has 4 N–H and O–H groups in total. The van der Waals surface area contributed by atoms with E-state index in [9.17, 15) is 23.5 Å². The highest BCUT2D eigenvalue weighted by atomic mass is 19.2. The van der Waals surface area contributed by atoms with Crippen LogP contribution in [0.15, 0.2) is 48.7 Å². The molecule has 8 heteroatoms. The number of hydrogen-bond acceptors (Lipinski definition) is 2. The van der Waals surface area contributed by atoms with Gasteiger partial charge in [-0.3, -0.25) is 0 Å². The summed E-state index contributed by atoms with van der Waals surface area (Å²) in [6.45, 7) is -0.269. The molecule has 0 aliphatic heterocycles. The molecule has 2 aromatic carbocycles. The van der Waals surface area contributed by atoms with Crippen LogP contribution in [0.25, 0.3) is 10.9 Å². The monoisotopic (exact) mass is 373 g/mol. The Morgan fingerprint density at radius 1 is 1.07 bits per heavy atom. The number of amides is 2. The number of aliphatic carboxylic acids is 1. The molecule has 1 atom stereocenters. The number of carboxylic acid groups (broad SMARTS) is 1. The molecule has 0 spiro atoms. The molecule has 0 saturated carbocycles. The summed E-state index contributed by atoms with van der Waals surface area (Å²) < 4.78 is 26.8. The van der Waals surface area contributed by atoms with E-state index in [4.69, 9.17) is 0 Å². The summed E-state index contributed by atoms with van der Waals surface area (Å²) in [4.78, 5) is 26.6. The fraction of sp³-hybridized carbons (Fsp3) is 0.158. The van der Waals surface area contributed by atoms with Crippen LogP contribution in [0.5, 0.6) is 0 Å². The Morgan fingerprint density at radius 3 is 2.63 bits per heavy atom. The number of para-hydroxylation sites is 1. The van der Waals surface area contributed by atoms with Crippen molar-refractivity contribution in [1.82, 2.24) is 15.6 Å². The molecule has 3 rings (SSSR count). The molecule has 6 nitrogen and oxygen atoms in total. The summed E-state index contributed by atoms with van der Waals surface area (Å²) in [7, 11) is 0. The minimum Gasteiger partial charge on any atom is -0.480 e. The highest BCUT2D eigenvalue weighted by molar-refractivity contribution is 5.86. The molecular formula is C19H17F2N3O3. The minimum absolute atomic E-state index is 0.0337. The molecule has 0 aliphatic carbocycles. The van der Waals surface area contributed by atoms with Crippen LogP contribution < -0.4 is 10.6 Å². The molecule has 0 fully saturated rings. The lowest BCUT2D eigenvalue weighted by Crippen LogP contribution is -2.46. The van der Waals surface area contributed by atoms with Crippen molar-refractivity contribution in [3.8, 4) is 0 Å². The van der Waals surface area contributed by atoms with Gasteiger partial charge in [-0.25, -0.2) is 18.4 Å². The van der Waals surface area contributed by atoms with Crippen LogP contribution in [0.3, 0.4) is 0 Å². The van der Waals surface area contributed by atoms with E-state index in [2.05, 4.69) is 15.6 Å². The summed E-state index contributed by atoms with van der Waals surface area (Å²) in [5.41, 5.74) is 1.57. The number of nitrogens with one attached hydrogen (secondary N) is 3. The molecule has 0 bridgehead atoms. The van der Waals surface area contributed by atoms with Crippen LogP contribution in [-0.4, -0.2) is 28.1 Å². The number of H-pyrrole nitrogens is 1. The topological polar surface area (TPSA) is 94.2 Å². The second-order valence-electron chi connectivity index (χ2n) is 5.99. The van der Waals surface area contributed by atoms with E-state index in [1.54, 1.807) is 6.20 Å². The van der Waals surface area contributed by atoms with Crippen LogP contribution in [0.4, 0.5) is 13.6 Å². The summed E-state index contributed by atoms with van der Waals surface area (Å²) in [6, 6.07) is 9.07. The maximum atomic E-state index is 13.6. The maximum Gasteiger partial charge on any atom is 0.326 e. The second kappa shape index (κ2) is 7.86. The molecule has 3 aromatic rings. The molecule has 1 unspecified atom stereocenters. The highest BCUT2D eigenvalue weighted by Crippen LogP contribution is 2.19. The van der Waals surface area contributed by atoms with Gasteiger partial charge in [0.1, 0.15) is 6.04 Å². The molecule has 140 valence electrons. The van der Waals surface area contributed by atoms with Gasteiger partial charge in [-0.15, -0.1) is 0 Å². The third kappa shape index (κ3) is 4.22. The van der Waals surface area contributed by atoms with Crippen molar-refractivity contribution < 1.29 is 23.5 Å². The maximum absolute atomic E-state index is 13.6. The Balaban J connectivity index is 1.64. The van der Waals surface area contributed by atoms with E-state index < -0.39 is 29.7 Å². The predicted molar refractivity (Wildman–Crippen MR) is 95.2 cm³/mol. The first kappa shape index (κ1) is 18.4. The highest BCUT2D eigenvalue weighted by Gasteiger charge is 2.22. The number of urea groups is 1. The van der Waals surface area contributed by atoms with E-state index in [1.807, 2.05) is 24.3 Å². The lowest BCUT2D eigenvalue weighted by atomic mass is 10.1. The SMILES string of the molecule is O=C(NCc1cccc(F)c1F)NC(Cc1c[nH]c2ccccc12)C(=O)O. The number of carbonyl (C=O) groups excluding carboxylic acids is 1. The largest absolute Gasteiger partial charge is 0.480 e. The van der Waals surface area contributed by atoms with Gasteiger partial charge < -0.3 is 20.7 Å². The van der Waals surface area contributed by atoms with Gasteiger partial charge in [0, 0.05) is 35.6 Å².